The van der Waals surface area contributed by atoms with Crippen LogP contribution in [0.5, 0.6) is 0 Å². The molecule has 2 amide bonds. The zero-order valence-electron chi connectivity index (χ0n) is 15.1. The lowest BCUT2D eigenvalue weighted by molar-refractivity contribution is -0.384. The molecule has 0 bridgehead atoms. The van der Waals surface area contributed by atoms with E-state index in [2.05, 4.69) is 10.6 Å². The van der Waals surface area contributed by atoms with Gasteiger partial charge in [0, 0.05) is 29.9 Å². The number of esters is 1. The van der Waals surface area contributed by atoms with Gasteiger partial charge < -0.3 is 15.4 Å². The number of rotatable bonds is 8. The molecule has 2 rings (SSSR count). The summed E-state index contributed by atoms with van der Waals surface area (Å²) >= 11 is 0. The Balaban J connectivity index is 1.69. The molecule has 0 atom stereocenters. The Kier molecular flexibility index (Phi) is 7.21. The molecule has 146 valence electrons. The van der Waals surface area contributed by atoms with Gasteiger partial charge >= 0.3 is 5.97 Å². The van der Waals surface area contributed by atoms with Gasteiger partial charge in [0.25, 0.3) is 17.5 Å². The summed E-state index contributed by atoms with van der Waals surface area (Å²) in [6, 6.07) is 12.3. The van der Waals surface area contributed by atoms with Crippen LogP contribution in [0.4, 0.5) is 11.4 Å². The maximum Gasteiger partial charge on any atom is 0.308 e. The van der Waals surface area contributed by atoms with Crippen molar-refractivity contribution in [3.8, 4) is 0 Å². The Bertz CT molecular complexity index is 879. The van der Waals surface area contributed by atoms with Gasteiger partial charge in [0.2, 0.25) is 0 Å². The number of hydrogen-bond donors (Lipinski definition) is 2. The molecule has 2 N–H and O–H groups in total. The monoisotopic (exact) mass is 385 g/mol. The summed E-state index contributed by atoms with van der Waals surface area (Å²) in [6.45, 7) is 1.42. The number of carbonyl (C=O) groups excluding carboxylic acids is 3. The summed E-state index contributed by atoms with van der Waals surface area (Å²) in [4.78, 5) is 45.4. The molecule has 0 fully saturated rings. The molecule has 0 heterocycles. The topological polar surface area (TPSA) is 128 Å². The second kappa shape index (κ2) is 9.81. The molecule has 0 aliphatic carbocycles. The Morgan fingerprint density at radius 1 is 1.07 bits per heavy atom. The van der Waals surface area contributed by atoms with Gasteiger partial charge in [-0.1, -0.05) is 18.2 Å². The van der Waals surface area contributed by atoms with Gasteiger partial charge in [0.1, 0.15) is 0 Å². The van der Waals surface area contributed by atoms with Crippen LogP contribution >= 0.6 is 0 Å². The summed E-state index contributed by atoms with van der Waals surface area (Å²) in [5.74, 6) is -1.57. The lowest BCUT2D eigenvalue weighted by Gasteiger charge is -2.09. The van der Waals surface area contributed by atoms with Crippen LogP contribution < -0.4 is 10.6 Å². The van der Waals surface area contributed by atoms with Gasteiger partial charge in [-0.05, 0) is 30.7 Å². The molecule has 28 heavy (non-hydrogen) atoms. The van der Waals surface area contributed by atoms with Gasteiger partial charge in [-0.15, -0.1) is 0 Å². The SMILES string of the molecule is Cc1ccccc1NC(=O)COC(=O)CCNC(=O)c1ccc([N+](=O)[O-])cc1. The number of hydrogen-bond acceptors (Lipinski definition) is 6. The normalized spacial score (nSPS) is 10.0. The number of nitrogens with one attached hydrogen (secondary N) is 2. The number of nitro benzene ring substituents is 1. The largest absolute Gasteiger partial charge is 0.456 e. The van der Waals surface area contributed by atoms with E-state index in [1.807, 2.05) is 19.1 Å². The Hall–Kier alpha value is -3.75. The standard InChI is InChI=1S/C19H19N3O6/c1-13-4-2-3-5-16(13)21-17(23)12-28-18(24)10-11-20-19(25)14-6-8-15(9-7-14)22(26)27/h2-9H,10-12H2,1H3,(H,20,25)(H,21,23). The molecular formula is C19H19N3O6. The van der Waals surface area contributed by atoms with E-state index in [-0.39, 0.29) is 24.2 Å². The number of benzene rings is 2. The van der Waals surface area contributed by atoms with E-state index >= 15 is 0 Å². The summed E-state index contributed by atoms with van der Waals surface area (Å²) in [5, 5.41) is 15.7. The smallest absolute Gasteiger partial charge is 0.308 e. The fourth-order valence-corrected chi connectivity index (χ4v) is 2.23. The van der Waals surface area contributed by atoms with E-state index in [9.17, 15) is 24.5 Å². The molecule has 0 aliphatic heterocycles. The van der Waals surface area contributed by atoms with Crippen molar-refractivity contribution >= 4 is 29.2 Å². The quantitative estimate of drug-likeness (QED) is 0.407. The number of non-ortho nitro benzene ring substituents is 1. The number of carbonyl (C=O) groups is 3. The van der Waals surface area contributed by atoms with Crippen LogP contribution in [0.15, 0.2) is 48.5 Å². The highest BCUT2D eigenvalue weighted by Gasteiger charge is 2.11. The number of nitro groups is 1. The number of aryl methyl sites for hydroxylation is 1. The van der Waals surface area contributed by atoms with Crippen molar-refractivity contribution in [3.05, 3.63) is 69.8 Å². The fraction of sp³-hybridized carbons (Fsp3) is 0.211. The van der Waals surface area contributed by atoms with E-state index in [0.717, 1.165) is 5.56 Å². The third-order valence-electron chi connectivity index (χ3n) is 3.74. The number of ether oxygens (including phenoxy) is 1. The molecule has 0 unspecified atom stereocenters. The van der Waals surface area contributed by atoms with Gasteiger partial charge in [-0.3, -0.25) is 24.5 Å². The molecule has 9 heteroatoms. The lowest BCUT2D eigenvalue weighted by Crippen LogP contribution is -2.27. The summed E-state index contributed by atoms with van der Waals surface area (Å²) in [7, 11) is 0. The first-order valence-corrected chi connectivity index (χ1v) is 8.40. The van der Waals surface area contributed by atoms with Crippen LogP contribution in [0.1, 0.15) is 22.3 Å². The molecule has 0 saturated carbocycles. The van der Waals surface area contributed by atoms with Crippen molar-refractivity contribution in [2.45, 2.75) is 13.3 Å². The number of para-hydroxylation sites is 1. The first-order valence-electron chi connectivity index (χ1n) is 8.40. The fourth-order valence-electron chi connectivity index (χ4n) is 2.23. The molecule has 2 aromatic carbocycles. The van der Waals surface area contributed by atoms with E-state index < -0.39 is 29.3 Å². The van der Waals surface area contributed by atoms with Crippen LogP contribution in [0, 0.1) is 17.0 Å². The van der Waals surface area contributed by atoms with Gasteiger partial charge in [-0.2, -0.15) is 0 Å². The van der Waals surface area contributed by atoms with Gasteiger partial charge in [0.15, 0.2) is 6.61 Å². The third kappa shape index (κ3) is 6.20. The minimum Gasteiger partial charge on any atom is -0.456 e. The molecule has 0 radical (unpaired) electrons. The minimum atomic E-state index is -0.635. The number of nitrogens with zero attached hydrogens (tertiary/aromatic N) is 1. The summed E-state index contributed by atoms with van der Waals surface area (Å²) in [5.41, 5.74) is 1.63. The maximum absolute atomic E-state index is 11.9. The van der Waals surface area contributed by atoms with Crippen molar-refractivity contribution in [1.82, 2.24) is 5.32 Å². The second-order valence-electron chi connectivity index (χ2n) is 5.83. The predicted molar refractivity (Wildman–Crippen MR) is 101 cm³/mol. The second-order valence-corrected chi connectivity index (χ2v) is 5.83. The van der Waals surface area contributed by atoms with Crippen molar-refractivity contribution in [2.75, 3.05) is 18.5 Å². The van der Waals surface area contributed by atoms with Gasteiger partial charge in [0.05, 0.1) is 11.3 Å². The first-order chi connectivity index (χ1) is 13.4. The molecule has 2 aromatic rings. The van der Waals surface area contributed by atoms with E-state index in [1.165, 1.54) is 24.3 Å². The van der Waals surface area contributed by atoms with Crippen LogP contribution in [-0.2, 0) is 14.3 Å². The highest BCUT2D eigenvalue weighted by atomic mass is 16.6. The highest BCUT2D eigenvalue weighted by Crippen LogP contribution is 2.13. The minimum absolute atomic E-state index is 0.00800. The zero-order chi connectivity index (χ0) is 20.5. The average molecular weight is 385 g/mol. The van der Waals surface area contributed by atoms with E-state index in [1.54, 1.807) is 12.1 Å². The molecule has 0 aromatic heterocycles. The third-order valence-corrected chi connectivity index (χ3v) is 3.74. The summed E-state index contributed by atoms with van der Waals surface area (Å²) < 4.78 is 4.87. The molecule has 0 aliphatic rings. The van der Waals surface area contributed by atoms with E-state index in [0.29, 0.717) is 5.69 Å². The van der Waals surface area contributed by atoms with Crippen molar-refractivity contribution in [2.24, 2.45) is 0 Å². The predicted octanol–water partition coefficient (Wildman–Crippen LogP) is 2.21. The Morgan fingerprint density at radius 3 is 2.39 bits per heavy atom. The molecule has 0 saturated heterocycles. The van der Waals surface area contributed by atoms with Crippen LogP contribution in [0.3, 0.4) is 0 Å². The van der Waals surface area contributed by atoms with Crippen molar-refractivity contribution < 1.29 is 24.0 Å². The first kappa shape index (κ1) is 20.6. The molecule has 0 spiro atoms. The number of anilines is 1. The van der Waals surface area contributed by atoms with Crippen molar-refractivity contribution in [3.63, 3.8) is 0 Å². The van der Waals surface area contributed by atoms with Crippen LogP contribution in [-0.4, -0.2) is 35.9 Å². The van der Waals surface area contributed by atoms with Crippen LogP contribution in [0.2, 0.25) is 0 Å². The van der Waals surface area contributed by atoms with Crippen LogP contribution in [0.25, 0.3) is 0 Å². The lowest BCUT2D eigenvalue weighted by atomic mass is 10.2. The Labute approximate surface area is 160 Å². The van der Waals surface area contributed by atoms with Gasteiger partial charge in [-0.25, -0.2) is 0 Å². The highest BCUT2D eigenvalue weighted by molar-refractivity contribution is 5.95. The zero-order valence-corrected chi connectivity index (χ0v) is 15.1. The van der Waals surface area contributed by atoms with E-state index in [4.69, 9.17) is 4.74 Å². The van der Waals surface area contributed by atoms with Crippen molar-refractivity contribution in [1.29, 1.82) is 0 Å². The average Bonchev–Trinajstić information content (AvgIpc) is 2.68. The Morgan fingerprint density at radius 2 is 1.75 bits per heavy atom. The molecular weight excluding hydrogens is 366 g/mol. The summed E-state index contributed by atoms with van der Waals surface area (Å²) in [6.07, 6.45) is -0.115. The molecule has 9 nitrogen and oxygen atoms in total. The maximum atomic E-state index is 11.9. The number of amides is 2.